The fourth-order valence-electron chi connectivity index (χ4n) is 0.752. The number of hydrogen-bond donors (Lipinski definition) is 2. The molecule has 2 heterocycles. The van der Waals surface area contributed by atoms with Crippen LogP contribution in [0.3, 0.4) is 0 Å². The highest BCUT2D eigenvalue weighted by atomic mass is 14.8. The highest BCUT2D eigenvalue weighted by Crippen LogP contribution is 1.90. The van der Waals surface area contributed by atoms with Gasteiger partial charge in [-0.2, -0.15) is 0 Å². The Labute approximate surface area is 110 Å². The monoisotopic (exact) mass is 248 g/mol. The maximum atomic E-state index is 5.25. The van der Waals surface area contributed by atoms with Crippen LogP contribution in [0.4, 0.5) is 11.6 Å². The Morgan fingerprint density at radius 2 is 1.00 bits per heavy atom. The van der Waals surface area contributed by atoms with Gasteiger partial charge in [0, 0.05) is 12.4 Å². The molecule has 4 heteroatoms. The Morgan fingerprint density at radius 1 is 0.667 bits per heavy atom. The molecule has 0 unspecified atom stereocenters. The molecule has 0 aliphatic carbocycles. The van der Waals surface area contributed by atoms with E-state index in [1.807, 2.05) is 52.0 Å². The molecule has 0 aromatic carbocycles. The molecule has 0 saturated heterocycles. The first-order chi connectivity index (χ1) is 8.79. The van der Waals surface area contributed by atoms with Gasteiger partial charge in [-0.3, -0.25) is 0 Å². The third-order valence-electron chi connectivity index (χ3n) is 1.38. The predicted molar refractivity (Wildman–Crippen MR) is 80.0 cm³/mol. The van der Waals surface area contributed by atoms with Gasteiger partial charge in [-0.15, -0.1) is 0 Å². The molecule has 18 heavy (non-hydrogen) atoms. The molecular formula is C14H24N4. The molecule has 100 valence electrons. The van der Waals surface area contributed by atoms with Crippen LogP contribution in [0.1, 0.15) is 27.7 Å². The summed E-state index contributed by atoms with van der Waals surface area (Å²) in [6, 6.07) is 10.9. The molecular weight excluding hydrogens is 224 g/mol. The minimum Gasteiger partial charge on any atom is -0.384 e. The number of nitrogens with two attached hydrogens (primary N) is 2. The highest BCUT2D eigenvalue weighted by molar-refractivity contribution is 5.25. The quantitative estimate of drug-likeness (QED) is 0.749. The number of hydrogen-bond acceptors (Lipinski definition) is 4. The zero-order chi connectivity index (χ0) is 14.2. The summed E-state index contributed by atoms with van der Waals surface area (Å²) in [4.78, 5) is 7.51. The second-order valence-corrected chi connectivity index (χ2v) is 2.51. The maximum Gasteiger partial charge on any atom is 0.123 e. The van der Waals surface area contributed by atoms with Gasteiger partial charge in [0.25, 0.3) is 0 Å². The summed E-state index contributed by atoms with van der Waals surface area (Å²) in [6.07, 6.45) is 3.32. The maximum absolute atomic E-state index is 5.25. The van der Waals surface area contributed by atoms with Crippen LogP contribution in [-0.2, 0) is 0 Å². The summed E-state index contributed by atoms with van der Waals surface area (Å²) in [5.41, 5.74) is 10.5. The average Bonchev–Trinajstić information content (AvgIpc) is 2.46. The summed E-state index contributed by atoms with van der Waals surface area (Å²) >= 11 is 0. The summed E-state index contributed by atoms with van der Waals surface area (Å²) in [5.74, 6) is 1.14. The number of nitrogens with zero attached hydrogens (tertiary/aromatic N) is 2. The van der Waals surface area contributed by atoms with E-state index in [0.29, 0.717) is 11.6 Å². The Kier molecular flexibility index (Phi) is 15.1. The summed E-state index contributed by atoms with van der Waals surface area (Å²) in [6.45, 7) is 8.00. The Morgan fingerprint density at radius 3 is 1.11 bits per heavy atom. The lowest BCUT2D eigenvalue weighted by atomic mass is 10.5. The topological polar surface area (TPSA) is 77.8 Å². The molecule has 2 rings (SSSR count). The third kappa shape index (κ3) is 12.0. The zero-order valence-electron chi connectivity index (χ0n) is 11.7. The van der Waals surface area contributed by atoms with Crippen molar-refractivity contribution in [3.8, 4) is 0 Å². The lowest BCUT2D eigenvalue weighted by Crippen LogP contribution is -1.85. The lowest BCUT2D eigenvalue weighted by Gasteiger charge is -1.82. The molecule has 2 aromatic heterocycles. The van der Waals surface area contributed by atoms with Gasteiger partial charge in [0.15, 0.2) is 0 Å². The van der Waals surface area contributed by atoms with Crippen LogP contribution in [0.2, 0.25) is 0 Å². The largest absolute Gasteiger partial charge is 0.384 e. The summed E-state index contributed by atoms with van der Waals surface area (Å²) in [5, 5.41) is 0. The first kappa shape index (κ1) is 18.3. The standard InChI is InChI=1S/2C5H6N2.2C2H6/c2*6-5-3-1-2-4-7-5;2*1-2/h2*1-4H,(H2,6,7);2*1-2H3. The fourth-order valence-corrected chi connectivity index (χ4v) is 0.752. The molecule has 0 fully saturated rings. The Balaban J connectivity index is 0. The van der Waals surface area contributed by atoms with E-state index < -0.39 is 0 Å². The second kappa shape index (κ2) is 14.9. The molecule has 0 spiro atoms. The fraction of sp³-hybridized carbons (Fsp3) is 0.286. The summed E-state index contributed by atoms with van der Waals surface area (Å²) < 4.78 is 0. The van der Waals surface area contributed by atoms with Crippen molar-refractivity contribution in [1.82, 2.24) is 9.97 Å². The van der Waals surface area contributed by atoms with Crippen molar-refractivity contribution in [2.45, 2.75) is 27.7 Å². The molecule has 0 bridgehead atoms. The molecule has 2 aromatic rings. The molecule has 0 aliphatic heterocycles. The van der Waals surface area contributed by atoms with Crippen molar-refractivity contribution in [3.05, 3.63) is 48.8 Å². The van der Waals surface area contributed by atoms with Crippen LogP contribution < -0.4 is 11.5 Å². The van der Waals surface area contributed by atoms with Crippen LogP contribution in [0, 0.1) is 0 Å². The van der Waals surface area contributed by atoms with Crippen molar-refractivity contribution in [2.75, 3.05) is 11.5 Å². The Hall–Kier alpha value is -2.10. The normalized spacial score (nSPS) is 7.33. The van der Waals surface area contributed by atoms with Gasteiger partial charge in [0.2, 0.25) is 0 Å². The van der Waals surface area contributed by atoms with E-state index in [1.165, 1.54) is 0 Å². The third-order valence-corrected chi connectivity index (χ3v) is 1.38. The number of aromatic nitrogens is 2. The van der Waals surface area contributed by atoms with E-state index >= 15 is 0 Å². The molecule has 4 N–H and O–H groups in total. The van der Waals surface area contributed by atoms with Crippen molar-refractivity contribution in [2.24, 2.45) is 0 Å². The van der Waals surface area contributed by atoms with Crippen molar-refractivity contribution >= 4 is 11.6 Å². The van der Waals surface area contributed by atoms with E-state index in [4.69, 9.17) is 11.5 Å². The Bertz CT molecular complexity index is 311. The highest BCUT2D eigenvalue weighted by Gasteiger charge is 1.74. The van der Waals surface area contributed by atoms with Gasteiger partial charge in [-0.1, -0.05) is 39.8 Å². The van der Waals surface area contributed by atoms with Gasteiger partial charge >= 0.3 is 0 Å². The number of anilines is 2. The number of nitrogen functional groups attached to an aromatic ring is 2. The van der Waals surface area contributed by atoms with E-state index in [1.54, 1.807) is 24.5 Å². The van der Waals surface area contributed by atoms with Crippen molar-refractivity contribution in [3.63, 3.8) is 0 Å². The molecule has 0 aliphatic rings. The SMILES string of the molecule is CC.CC.Nc1ccccn1.Nc1ccccn1. The van der Waals surface area contributed by atoms with Crippen LogP contribution in [0.25, 0.3) is 0 Å². The van der Waals surface area contributed by atoms with Gasteiger partial charge in [-0.05, 0) is 24.3 Å². The minimum atomic E-state index is 0.572. The minimum absolute atomic E-state index is 0.572. The predicted octanol–water partition coefficient (Wildman–Crippen LogP) is 3.38. The number of rotatable bonds is 0. The van der Waals surface area contributed by atoms with Crippen LogP contribution >= 0.6 is 0 Å². The smallest absolute Gasteiger partial charge is 0.123 e. The average molecular weight is 248 g/mol. The van der Waals surface area contributed by atoms with E-state index in [2.05, 4.69) is 9.97 Å². The van der Waals surface area contributed by atoms with Crippen molar-refractivity contribution < 1.29 is 0 Å². The van der Waals surface area contributed by atoms with Gasteiger partial charge in [0.05, 0.1) is 0 Å². The first-order valence-electron chi connectivity index (χ1n) is 6.12. The van der Waals surface area contributed by atoms with Gasteiger partial charge in [-0.25, -0.2) is 9.97 Å². The summed E-state index contributed by atoms with van der Waals surface area (Å²) in [7, 11) is 0. The van der Waals surface area contributed by atoms with E-state index in [0.717, 1.165) is 0 Å². The van der Waals surface area contributed by atoms with Crippen LogP contribution in [0.15, 0.2) is 48.8 Å². The zero-order valence-corrected chi connectivity index (χ0v) is 11.7. The molecule has 0 atom stereocenters. The van der Waals surface area contributed by atoms with Crippen LogP contribution in [-0.4, -0.2) is 9.97 Å². The first-order valence-corrected chi connectivity index (χ1v) is 6.12. The molecule has 4 nitrogen and oxygen atoms in total. The van der Waals surface area contributed by atoms with Crippen LogP contribution in [0.5, 0.6) is 0 Å². The van der Waals surface area contributed by atoms with Gasteiger partial charge in [0.1, 0.15) is 11.6 Å². The van der Waals surface area contributed by atoms with Crippen molar-refractivity contribution in [1.29, 1.82) is 0 Å². The molecule has 0 amide bonds. The molecule has 0 radical (unpaired) electrons. The van der Waals surface area contributed by atoms with Gasteiger partial charge < -0.3 is 11.5 Å². The van der Waals surface area contributed by atoms with E-state index in [-0.39, 0.29) is 0 Å². The lowest BCUT2D eigenvalue weighted by molar-refractivity contribution is 1.34. The molecule has 0 saturated carbocycles. The second-order valence-electron chi connectivity index (χ2n) is 2.51. The number of pyridine rings is 2. The van der Waals surface area contributed by atoms with E-state index in [9.17, 15) is 0 Å².